The van der Waals surface area contributed by atoms with Gasteiger partial charge in [-0.25, -0.2) is 0 Å². The van der Waals surface area contributed by atoms with Crippen molar-refractivity contribution in [2.75, 3.05) is 5.32 Å². The minimum Gasteiger partial charge on any atom is -0.481 e. The summed E-state index contributed by atoms with van der Waals surface area (Å²) in [5, 5.41) is 2.88. The Morgan fingerprint density at radius 3 is 2.48 bits per heavy atom. The van der Waals surface area contributed by atoms with Gasteiger partial charge in [0.1, 0.15) is 5.75 Å². The lowest BCUT2D eigenvalue weighted by Crippen LogP contribution is -2.30. The Bertz CT molecular complexity index is 649. The molecule has 0 aromatic heterocycles. The maximum atomic E-state index is 12.2. The summed E-state index contributed by atoms with van der Waals surface area (Å²) in [6, 6.07) is 13.5. The summed E-state index contributed by atoms with van der Waals surface area (Å²) in [6.45, 7) is 7.81. The number of hydrogen-bond donors (Lipinski definition) is 1. The van der Waals surface area contributed by atoms with Crippen molar-refractivity contribution in [1.82, 2.24) is 0 Å². The van der Waals surface area contributed by atoms with E-state index in [2.05, 4.69) is 5.32 Å². The predicted molar refractivity (Wildman–Crippen MR) is 85.8 cm³/mol. The number of hydrogen-bond acceptors (Lipinski definition) is 2. The number of carbonyl (C=O) groups excluding carboxylic acids is 1. The van der Waals surface area contributed by atoms with Gasteiger partial charge in [-0.3, -0.25) is 4.79 Å². The van der Waals surface area contributed by atoms with Crippen molar-refractivity contribution in [3.63, 3.8) is 0 Å². The van der Waals surface area contributed by atoms with E-state index in [-0.39, 0.29) is 5.91 Å². The highest BCUT2D eigenvalue weighted by atomic mass is 16.5. The van der Waals surface area contributed by atoms with Crippen molar-refractivity contribution in [2.45, 2.75) is 33.8 Å². The number of ether oxygens (including phenoxy) is 1. The highest BCUT2D eigenvalue weighted by molar-refractivity contribution is 5.94. The molecule has 1 unspecified atom stereocenters. The Labute approximate surface area is 126 Å². The third-order valence-corrected chi connectivity index (χ3v) is 3.45. The minimum atomic E-state index is -0.548. The Morgan fingerprint density at radius 2 is 1.81 bits per heavy atom. The zero-order valence-corrected chi connectivity index (χ0v) is 12.9. The van der Waals surface area contributed by atoms with Gasteiger partial charge >= 0.3 is 0 Å². The van der Waals surface area contributed by atoms with Crippen LogP contribution in [0.5, 0.6) is 5.75 Å². The zero-order valence-electron chi connectivity index (χ0n) is 12.9. The summed E-state index contributed by atoms with van der Waals surface area (Å²) in [5.74, 6) is 0.553. The number of nitrogens with one attached hydrogen (secondary N) is 1. The molecule has 0 spiro atoms. The van der Waals surface area contributed by atoms with Crippen LogP contribution < -0.4 is 10.1 Å². The molecular formula is C18H21NO2. The fourth-order valence-corrected chi connectivity index (χ4v) is 2.01. The zero-order chi connectivity index (χ0) is 15.4. The molecule has 3 nitrogen and oxygen atoms in total. The molecule has 1 atom stereocenters. The van der Waals surface area contributed by atoms with Crippen molar-refractivity contribution in [1.29, 1.82) is 0 Å². The Hall–Kier alpha value is -2.29. The van der Waals surface area contributed by atoms with Crippen LogP contribution in [0.3, 0.4) is 0 Å². The third kappa shape index (κ3) is 4.09. The van der Waals surface area contributed by atoms with Gasteiger partial charge in [-0.1, -0.05) is 18.2 Å². The molecule has 1 amide bonds. The molecule has 21 heavy (non-hydrogen) atoms. The van der Waals surface area contributed by atoms with E-state index in [1.807, 2.05) is 63.2 Å². The monoisotopic (exact) mass is 283 g/mol. The van der Waals surface area contributed by atoms with Crippen LogP contribution in [0.1, 0.15) is 23.6 Å². The lowest BCUT2D eigenvalue weighted by Gasteiger charge is -2.15. The average molecular weight is 283 g/mol. The van der Waals surface area contributed by atoms with Gasteiger partial charge in [0, 0.05) is 5.69 Å². The van der Waals surface area contributed by atoms with Gasteiger partial charge in [0.05, 0.1) is 0 Å². The number of anilines is 1. The first-order valence-corrected chi connectivity index (χ1v) is 7.07. The van der Waals surface area contributed by atoms with Gasteiger partial charge in [0.25, 0.3) is 5.91 Å². The Morgan fingerprint density at radius 1 is 1.05 bits per heavy atom. The van der Waals surface area contributed by atoms with E-state index in [1.54, 1.807) is 6.92 Å². The molecule has 0 aliphatic rings. The summed E-state index contributed by atoms with van der Waals surface area (Å²) in [7, 11) is 0. The van der Waals surface area contributed by atoms with E-state index in [0.717, 1.165) is 16.8 Å². The molecule has 0 saturated heterocycles. The number of aryl methyl sites for hydroxylation is 3. The van der Waals surface area contributed by atoms with Crippen LogP contribution in [-0.4, -0.2) is 12.0 Å². The second kappa shape index (κ2) is 6.44. The van der Waals surface area contributed by atoms with E-state index in [1.165, 1.54) is 5.56 Å². The highest BCUT2D eigenvalue weighted by Gasteiger charge is 2.15. The van der Waals surface area contributed by atoms with Crippen LogP contribution in [0.25, 0.3) is 0 Å². The average Bonchev–Trinajstić information content (AvgIpc) is 2.43. The molecule has 1 N–H and O–H groups in total. The van der Waals surface area contributed by atoms with E-state index >= 15 is 0 Å². The van der Waals surface area contributed by atoms with Crippen molar-refractivity contribution >= 4 is 11.6 Å². The maximum absolute atomic E-state index is 12.2. The molecule has 0 saturated carbocycles. The predicted octanol–water partition coefficient (Wildman–Crippen LogP) is 4.02. The standard InChI is InChI=1S/C18H21NO2/c1-12-6-5-7-17(10-12)21-15(4)18(20)19-16-9-8-13(2)14(3)11-16/h5-11,15H,1-4H3,(H,19,20). The van der Waals surface area contributed by atoms with Gasteiger partial charge in [0.2, 0.25) is 0 Å². The molecule has 0 fully saturated rings. The van der Waals surface area contributed by atoms with Gasteiger partial charge in [-0.15, -0.1) is 0 Å². The number of carbonyl (C=O) groups is 1. The van der Waals surface area contributed by atoms with Crippen molar-refractivity contribution in [3.05, 3.63) is 59.2 Å². The molecular weight excluding hydrogens is 262 g/mol. The largest absolute Gasteiger partial charge is 0.481 e. The lowest BCUT2D eigenvalue weighted by atomic mass is 10.1. The molecule has 0 heterocycles. The molecule has 2 aromatic rings. The second-order valence-corrected chi connectivity index (χ2v) is 5.36. The molecule has 0 bridgehead atoms. The fraction of sp³-hybridized carbons (Fsp3) is 0.278. The molecule has 3 heteroatoms. The summed E-state index contributed by atoms with van der Waals surface area (Å²) in [5.41, 5.74) is 4.26. The lowest BCUT2D eigenvalue weighted by molar-refractivity contribution is -0.122. The highest BCUT2D eigenvalue weighted by Crippen LogP contribution is 2.17. The van der Waals surface area contributed by atoms with Crippen LogP contribution >= 0.6 is 0 Å². The molecule has 0 aliphatic carbocycles. The van der Waals surface area contributed by atoms with Gasteiger partial charge in [-0.05, 0) is 68.7 Å². The number of rotatable bonds is 4. The maximum Gasteiger partial charge on any atom is 0.265 e. The Kier molecular flexibility index (Phi) is 4.63. The van der Waals surface area contributed by atoms with Crippen LogP contribution in [-0.2, 0) is 4.79 Å². The second-order valence-electron chi connectivity index (χ2n) is 5.36. The topological polar surface area (TPSA) is 38.3 Å². The molecule has 110 valence electrons. The summed E-state index contributed by atoms with van der Waals surface area (Å²) in [4.78, 5) is 12.2. The molecule has 2 rings (SSSR count). The Balaban J connectivity index is 2.00. The van der Waals surface area contributed by atoms with Crippen molar-refractivity contribution in [3.8, 4) is 5.75 Å². The fourth-order valence-electron chi connectivity index (χ4n) is 2.01. The first-order chi connectivity index (χ1) is 9.95. The third-order valence-electron chi connectivity index (χ3n) is 3.45. The number of amides is 1. The normalized spacial score (nSPS) is 11.8. The van der Waals surface area contributed by atoms with E-state index in [0.29, 0.717) is 5.75 Å². The van der Waals surface area contributed by atoms with E-state index in [9.17, 15) is 4.79 Å². The summed E-state index contributed by atoms with van der Waals surface area (Å²) >= 11 is 0. The van der Waals surface area contributed by atoms with E-state index in [4.69, 9.17) is 4.74 Å². The quantitative estimate of drug-likeness (QED) is 0.920. The molecule has 0 aliphatic heterocycles. The van der Waals surface area contributed by atoms with Crippen LogP contribution in [0, 0.1) is 20.8 Å². The van der Waals surface area contributed by atoms with Gasteiger partial charge in [0.15, 0.2) is 6.10 Å². The first kappa shape index (κ1) is 15.1. The minimum absolute atomic E-state index is 0.153. The summed E-state index contributed by atoms with van der Waals surface area (Å²) in [6.07, 6.45) is -0.548. The SMILES string of the molecule is Cc1cccc(OC(C)C(=O)Nc2ccc(C)c(C)c2)c1. The van der Waals surface area contributed by atoms with Gasteiger partial charge < -0.3 is 10.1 Å². The molecule has 2 aromatic carbocycles. The van der Waals surface area contributed by atoms with Crippen molar-refractivity contribution < 1.29 is 9.53 Å². The summed E-state index contributed by atoms with van der Waals surface area (Å²) < 4.78 is 5.67. The number of benzene rings is 2. The van der Waals surface area contributed by atoms with Crippen molar-refractivity contribution in [2.24, 2.45) is 0 Å². The van der Waals surface area contributed by atoms with Crippen LogP contribution in [0.4, 0.5) is 5.69 Å². The first-order valence-electron chi connectivity index (χ1n) is 7.07. The van der Waals surface area contributed by atoms with E-state index < -0.39 is 6.10 Å². The van der Waals surface area contributed by atoms with Crippen LogP contribution in [0.15, 0.2) is 42.5 Å². The van der Waals surface area contributed by atoms with Crippen LogP contribution in [0.2, 0.25) is 0 Å². The molecule has 0 radical (unpaired) electrons. The van der Waals surface area contributed by atoms with Gasteiger partial charge in [-0.2, -0.15) is 0 Å². The smallest absolute Gasteiger partial charge is 0.265 e.